The highest BCUT2D eigenvalue weighted by Gasteiger charge is 2.32. The minimum atomic E-state index is -4.48. The van der Waals surface area contributed by atoms with Crippen LogP contribution in [0.25, 0.3) is 10.8 Å². The standard InChI is InChI=1S/C25H19F2N3O8S2/c26-18-5-9-20(10-6-18)39(33,34)29(14-37-16-31)24-13-28-25(23-4-2-1-3-22(23)24)30(15-38-17-32)40(35,36)21-11-7-19(27)8-12-21/h1-13,16-17H,14-15H2. The summed E-state index contributed by atoms with van der Waals surface area (Å²) < 4.78 is 91.8. The Kier molecular flexibility index (Phi) is 8.25. The van der Waals surface area contributed by atoms with E-state index in [4.69, 9.17) is 9.47 Å². The van der Waals surface area contributed by atoms with Crippen LogP contribution in [0.1, 0.15) is 0 Å². The highest BCUT2D eigenvalue weighted by atomic mass is 32.2. The number of carbonyl (C=O) groups excluding carboxylic acids is 2. The number of sulfonamides is 2. The van der Waals surface area contributed by atoms with Crippen LogP contribution in [0, 0.1) is 11.6 Å². The monoisotopic (exact) mass is 591 g/mol. The summed E-state index contributed by atoms with van der Waals surface area (Å²) in [5, 5.41) is 0.253. The van der Waals surface area contributed by atoms with Crippen molar-refractivity contribution in [1.82, 2.24) is 4.98 Å². The molecule has 4 aromatic rings. The van der Waals surface area contributed by atoms with Crippen molar-refractivity contribution in [1.29, 1.82) is 0 Å². The van der Waals surface area contributed by atoms with Crippen LogP contribution in [0.15, 0.2) is 88.8 Å². The van der Waals surface area contributed by atoms with E-state index in [1.165, 1.54) is 18.2 Å². The molecule has 3 aromatic carbocycles. The van der Waals surface area contributed by atoms with Gasteiger partial charge in [0.05, 0.1) is 21.7 Å². The largest absolute Gasteiger partial charge is 0.445 e. The van der Waals surface area contributed by atoms with Crippen LogP contribution in [-0.4, -0.2) is 48.2 Å². The van der Waals surface area contributed by atoms with Crippen molar-refractivity contribution in [2.45, 2.75) is 9.79 Å². The molecule has 0 saturated heterocycles. The van der Waals surface area contributed by atoms with Gasteiger partial charge in [0.15, 0.2) is 19.3 Å². The third-order valence-electron chi connectivity index (χ3n) is 5.58. The molecule has 11 nitrogen and oxygen atoms in total. The molecule has 40 heavy (non-hydrogen) atoms. The summed E-state index contributed by atoms with van der Waals surface area (Å²) in [6.45, 7) is -1.55. The molecule has 208 valence electrons. The van der Waals surface area contributed by atoms with Gasteiger partial charge in [0.1, 0.15) is 11.6 Å². The molecule has 0 saturated carbocycles. The van der Waals surface area contributed by atoms with Gasteiger partial charge in [-0.3, -0.25) is 9.59 Å². The third kappa shape index (κ3) is 5.55. The molecule has 0 atom stereocenters. The second-order valence-corrected chi connectivity index (χ2v) is 11.6. The first kappa shape index (κ1) is 28.4. The number of halogens is 2. The van der Waals surface area contributed by atoms with E-state index in [1.54, 1.807) is 6.07 Å². The van der Waals surface area contributed by atoms with Gasteiger partial charge in [-0.15, -0.1) is 0 Å². The molecule has 0 fully saturated rings. The lowest BCUT2D eigenvalue weighted by Gasteiger charge is -2.27. The fourth-order valence-corrected chi connectivity index (χ4v) is 6.38. The van der Waals surface area contributed by atoms with Crippen LogP contribution in [0.5, 0.6) is 0 Å². The maximum absolute atomic E-state index is 13.5. The van der Waals surface area contributed by atoms with Crippen LogP contribution >= 0.6 is 0 Å². The summed E-state index contributed by atoms with van der Waals surface area (Å²) in [6.07, 6.45) is 1.03. The Morgan fingerprint density at radius 2 is 1.12 bits per heavy atom. The van der Waals surface area contributed by atoms with Gasteiger partial charge in [0, 0.05) is 10.8 Å². The minimum Gasteiger partial charge on any atom is -0.445 e. The van der Waals surface area contributed by atoms with Crippen molar-refractivity contribution in [3.63, 3.8) is 0 Å². The van der Waals surface area contributed by atoms with E-state index >= 15 is 0 Å². The summed E-state index contributed by atoms with van der Waals surface area (Å²) >= 11 is 0. The molecule has 4 rings (SSSR count). The molecular weight excluding hydrogens is 572 g/mol. The van der Waals surface area contributed by atoms with E-state index in [0.29, 0.717) is 8.61 Å². The molecule has 0 radical (unpaired) electrons. The Morgan fingerprint density at radius 3 is 1.62 bits per heavy atom. The third-order valence-corrected chi connectivity index (χ3v) is 9.06. The lowest BCUT2D eigenvalue weighted by molar-refractivity contribution is -0.129. The molecule has 0 aliphatic heterocycles. The number of ether oxygens (including phenoxy) is 2. The van der Waals surface area contributed by atoms with Crippen molar-refractivity contribution >= 4 is 55.3 Å². The number of carbonyl (C=O) groups is 2. The van der Waals surface area contributed by atoms with Crippen LogP contribution in [0.2, 0.25) is 0 Å². The number of fused-ring (bicyclic) bond motifs is 1. The Morgan fingerprint density at radius 1 is 0.675 bits per heavy atom. The zero-order chi connectivity index (χ0) is 28.9. The number of anilines is 2. The number of hydrogen-bond acceptors (Lipinski definition) is 9. The topological polar surface area (TPSA) is 140 Å². The van der Waals surface area contributed by atoms with Gasteiger partial charge in [0.2, 0.25) is 0 Å². The Labute approximate surface area is 227 Å². The maximum atomic E-state index is 13.5. The molecule has 0 unspecified atom stereocenters. The van der Waals surface area contributed by atoms with Gasteiger partial charge >= 0.3 is 0 Å². The molecule has 0 aliphatic carbocycles. The first-order valence-electron chi connectivity index (χ1n) is 11.2. The van der Waals surface area contributed by atoms with Gasteiger partial charge in [-0.2, -0.15) is 0 Å². The molecule has 0 amide bonds. The van der Waals surface area contributed by atoms with E-state index in [2.05, 4.69) is 4.98 Å². The van der Waals surface area contributed by atoms with Gasteiger partial charge < -0.3 is 9.47 Å². The van der Waals surface area contributed by atoms with Gasteiger partial charge in [-0.25, -0.2) is 39.2 Å². The highest BCUT2D eigenvalue weighted by molar-refractivity contribution is 7.93. The number of pyridine rings is 1. The zero-order valence-corrected chi connectivity index (χ0v) is 21.9. The van der Waals surface area contributed by atoms with Crippen LogP contribution in [0.4, 0.5) is 20.3 Å². The Balaban J connectivity index is 1.92. The zero-order valence-electron chi connectivity index (χ0n) is 20.3. The van der Waals surface area contributed by atoms with Crippen LogP contribution < -0.4 is 8.61 Å². The SMILES string of the molecule is O=COCN(c1cnc(N(COC=O)S(=O)(=O)c2ccc(F)cc2)c2ccccc12)S(=O)(=O)c1ccc(F)cc1. The fourth-order valence-electron chi connectivity index (χ4n) is 3.74. The van der Waals surface area contributed by atoms with Gasteiger partial charge in [-0.1, -0.05) is 24.3 Å². The fraction of sp³-hybridized carbons (Fsp3) is 0.0800. The van der Waals surface area contributed by atoms with Crippen molar-refractivity contribution in [3.05, 3.63) is 90.6 Å². The van der Waals surface area contributed by atoms with Crippen molar-refractivity contribution < 1.29 is 44.7 Å². The summed E-state index contributed by atoms with van der Waals surface area (Å²) in [7, 11) is -8.93. The molecule has 1 aromatic heterocycles. The van der Waals surface area contributed by atoms with Crippen LogP contribution in [-0.2, 0) is 39.1 Å². The molecule has 15 heteroatoms. The summed E-state index contributed by atoms with van der Waals surface area (Å²) in [4.78, 5) is 25.5. The lowest BCUT2D eigenvalue weighted by Crippen LogP contribution is -2.35. The van der Waals surface area contributed by atoms with Gasteiger partial charge in [0.25, 0.3) is 33.0 Å². The summed E-state index contributed by atoms with van der Waals surface area (Å²) in [6, 6.07) is 13.8. The van der Waals surface area contributed by atoms with E-state index in [9.17, 15) is 35.2 Å². The van der Waals surface area contributed by atoms with Gasteiger partial charge in [-0.05, 0) is 48.5 Å². The number of benzene rings is 3. The first-order valence-corrected chi connectivity index (χ1v) is 14.0. The van der Waals surface area contributed by atoms with Crippen molar-refractivity contribution in [3.8, 4) is 0 Å². The van der Waals surface area contributed by atoms with E-state index in [1.807, 2.05) is 0 Å². The van der Waals surface area contributed by atoms with Crippen LogP contribution in [0.3, 0.4) is 0 Å². The Hall–Kier alpha value is -4.63. The van der Waals surface area contributed by atoms with E-state index in [0.717, 1.165) is 54.7 Å². The second-order valence-electron chi connectivity index (χ2n) is 7.91. The average Bonchev–Trinajstić information content (AvgIpc) is 2.94. The predicted octanol–water partition coefficient (Wildman–Crippen LogP) is 3.16. The van der Waals surface area contributed by atoms with E-state index in [-0.39, 0.29) is 45.0 Å². The van der Waals surface area contributed by atoms with Crippen molar-refractivity contribution in [2.24, 2.45) is 0 Å². The quantitative estimate of drug-likeness (QED) is 0.179. The molecule has 0 aliphatic rings. The number of rotatable bonds is 12. The first-order chi connectivity index (χ1) is 19.1. The van der Waals surface area contributed by atoms with Crippen molar-refractivity contribution in [2.75, 3.05) is 22.1 Å². The number of aromatic nitrogens is 1. The molecule has 0 bridgehead atoms. The molecule has 0 spiro atoms. The molecular formula is C25H19F2N3O8S2. The van der Waals surface area contributed by atoms with E-state index < -0.39 is 45.1 Å². The number of hydrogen-bond donors (Lipinski definition) is 0. The summed E-state index contributed by atoms with van der Waals surface area (Å²) in [5.41, 5.74) is -0.110. The second kappa shape index (κ2) is 11.6. The average molecular weight is 592 g/mol. The normalized spacial score (nSPS) is 11.6. The number of nitrogens with zero attached hydrogens (tertiary/aromatic N) is 3. The Bertz CT molecular complexity index is 1620. The maximum Gasteiger partial charge on any atom is 0.294 e. The minimum absolute atomic E-state index is 0.0253. The lowest BCUT2D eigenvalue weighted by atomic mass is 10.1. The summed E-state index contributed by atoms with van der Waals surface area (Å²) in [5.74, 6) is -1.60. The predicted molar refractivity (Wildman–Crippen MR) is 138 cm³/mol. The molecule has 0 N–H and O–H groups in total. The smallest absolute Gasteiger partial charge is 0.294 e. The molecule has 1 heterocycles. The highest BCUT2D eigenvalue weighted by Crippen LogP contribution is 2.36.